The van der Waals surface area contributed by atoms with Crippen molar-refractivity contribution in [3.05, 3.63) is 12.2 Å². The van der Waals surface area contributed by atoms with Gasteiger partial charge in [-0.3, -0.25) is 4.99 Å². The van der Waals surface area contributed by atoms with E-state index in [0.717, 1.165) is 24.6 Å². The Morgan fingerprint density at radius 1 is 1.50 bits per heavy atom. The molecule has 0 atom stereocenters. The average molecular weight is 335 g/mol. The second-order valence-corrected chi connectivity index (χ2v) is 5.15. The summed E-state index contributed by atoms with van der Waals surface area (Å²) >= 11 is 0. The van der Waals surface area contributed by atoms with Crippen LogP contribution < -0.4 is 11.1 Å². The third kappa shape index (κ3) is 3.64. The lowest BCUT2D eigenvalue weighted by atomic mass is 10.0. The SMILES string of the molecule is C=C(C)CNC(N)=NCC1(C2CC2)CC1.I. The second kappa shape index (κ2) is 5.38. The van der Waals surface area contributed by atoms with Crippen LogP contribution in [0.25, 0.3) is 0 Å². The minimum absolute atomic E-state index is 0. The van der Waals surface area contributed by atoms with Crippen molar-refractivity contribution in [2.45, 2.75) is 32.6 Å². The van der Waals surface area contributed by atoms with Crippen LogP contribution in [0.5, 0.6) is 0 Å². The van der Waals surface area contributed by atoms with Gasteiger partial charge in [-0.1, -0.05) is 12.2 Å². The number of aliphatic imine (C=N–C) groups is 1. The molecule has 2 rings (SSSR count). The number of hydrogen-bond acceptors (Lipinski definition) is 1. The first-order chi connectivity index (χ1) is 7.12. The lowest BCUT2D eigenvalue weighted by Crippen LogP contribution is -2.33. The van der Waals surface area contributed by atoms with Crippen LogP contribution in [-0.2, 0) is 0 Å². The Morgan fingerprint density at radius 3 is 2.56 bits per heavy atom. The maximum Gasteiger partial charge on any atom is 0.188 e. The van der Waals surface area contributed by atoms with Gasteiger partial charge in [-0.2, -0.15) is 0 Å². The molecule has 0 aromatic heterocycles. The second-order valence-electron chi connectivity index (χ2n) is 5.15. The fourth-order valence-electron chi connectivity index (χ4n) is 2.09. The zero-order valence-electron chi connectivity index (χ0n) is 9.96. The lowest BCUT2D eigenvalue weighted by molar-refractivity contribution is 0.453. The van der Waals surface area contributed by atoms with E-state index in [-0.39, 0.29) is 24.0 Å². The van der Waals surface area contributed by atoms with Crippen molar-refractivity contribution in [3.8, 4) is 0 Å². The molecule has 2 fully saturated rings. The topological polar surface area (TPSA) is 50.4 Å². The third-order valence-electron chi connectivity index (χ3n) is 3.47. The van der Waals surface area contributed by atoms with E-state index in [2.05, 4.69) is 16.9 Å². The number of nitrogens with zero attached hydrogens (tertiary/aromatic N) is 1. The predicted molar refractivity (Wildman–Crippen MR) is 79.1 cm³/mol. The molecule has 3 nitrogen and oxygen atoms in total. The predicted octanol–water partition coefficient (Wildman–Crippen LogP) is 2.28. The molecule has 4 heteroatoms. The fourth-order valence-corrected chi connectivity index (χ4v) is 2.09. The van der Waals surface area contributed by atoms with Gasteiger partial charge in [-0.05, 0) is 43.9 Å². The van der Waals surface area contributed by atoms with E-state index < -0.39 is 0 Å². The normalized spacial score (nSPS) is 22.2. The van der Waals surface area contributed by atoms with Crippen LogP contribution in [0.15, 0.2) is 17.1 Å². The van der Waals surface area contributed by atoms with Crippen molar-refractivity contribution >= 4 is 29.9 Å². The number of nitrogens with two attached hydrogens (primary N) is 1. The summed E-state index contributed by atoms with van der Waals surface area (Å²) in [5, 5.41) is 3.07. The van der Waals surface area contributed by atoms with Gasteiger partial charge in [-0.15, -0.1) is 24.0 Å². The number of nitrogens with one attached hydrogen (secondary N) is 1. The summed E-state index contributed by atoms with van der Waals surface area (Å²) < 4.78 is 0. The molecule has 0 radical (unpaired) electrons. The Bertz CT molecular complexity index is 291. The van der Waals surface area contributed by atoms with E-state index >= 15 is 0 Å². The number of halogens is 1. The minimum Gasteiger partial charge on any atom is -0.370 e. The molecular weight excluding hydrogens is 313 g/mol. The smallest absolute Gasteiger partial charge is 0.188 e. The Balaban J connectivity index is 0.00000128. The Kier molecular flexibility index (Phi) is 4.64. The summed E-state index contributed by atoms with van der Waals surface area (Å²) in [4.78, 5) is 4.43. The number of rotatable bonds is 5. The molecule has 0 spiro atoms. The van der Waals surface area contributed by atoms with Crippen LogP contribution in [0.1, 0.15) is 32.6 Å². The van der Waals surface area contributed by atoms with Crippen LogP contribution in [0.4, 0.5) is 0 Å². The summed E-state index contributed by atoms with van der Waals surface area (Å²) in [6.07, 6.45) is 5.53. The average Bonchev–Trinajstić information content (AvgIpc) is 3.01. The van der Waals surface area contributed by atoms with Gasteiger partial charge in [0.15, 0.2) is 5.96 Å². The van der Waals surface area contributed by atoms with Crippen molar-refractivity contribution in [2.75, 3.05) is 13.1 Å². The first kappa shape index (κ1) is 13.8. The van der Waals surface area contributed by atoms with Gasteiger partial charge in [-0.25, -0.2) is 0 Å². The maximum absolute atomic E-state index is 5.78. The molecule has 0 amide bonds. The van der Waals surface area contributed by atoms with Gasteiger partial charge in [0.25, 0.3) is 0 Å². The van der Waals surface area contributed by atoms with Gasteiger partial charge in [0.1, 0.15) is 0 Å². The number of guanidine groups is 1. The molecule has 0 unspecified atom stereocenters. The van der Waals surface area contributed by atoms with Crippen LogP contribution in [-0.4, -0.2) is 19.0 Å². The summed E-state index contributed by atoms with van der Waals surface area (Å²) in [6, 6.07) is 0. The molecule has 0 heterocycles. The van der Waals surface area contributed by atoms with Gasteiger partial charge in [0.2, 0.25) is 0 Å². The lowest BCUT2D eigenvalue weighted by Gasteiger charge is -2.11. The fraction of sp³-hybridized carbons (Fsp3) is 0.750. The Morgan fingerprint density at radius 2 is 2.12 bits per heavy atom. The monoisotopic (exact) mass is 335 g/mol. The standard InChI is InChI=1S/C12H21N3.HI/c1-9(2)7-14-11(13)15-8-12(5-6-12)10-3-4-10;/h10H,1,3-8H2,2H3,(H3,13,14,15);1H. The number of hydrogen-bond donors (Lipinski definition) is 2. The Labute approximate surface area is 115 Å². The van der Waals surface area contributed by atoms with E-state index in [1.54, 1.807) is 0 Å². The summed E-state index contributed by atoms with van der Waals surface area (Å²) in [6.45, 7) is 7.44. The van der Waals surface area contributed by atoms with Gasteiger partial charge < -0.3 is 11.1 Å². The van der Waals surface area contributed by atoms with Crippen molar-refractivity contribution in [3.63, 3.8) is 0 Å². The van der Waals surface area contributed by atoms with E-state index in [9.17, 15) is 0 Å². The minimum atomic E-state index is 0. The Hall–Kier alpha value is -0.260. The maximum atomic E-state index is 5.78. The highest BCUT2D eigenvalue weighted by molar-refractivity contribution is 14.0. The summed E-state index contributed by atoms with van der Waals surface area (Å²) in [5.41, 5.74) is 7.41. The molecule has 0 saturated heterocycles. The third-order valence-corrected chi connectivity index (χ3v) is 3.47. The van der Waals surface area contributed by atoms with Gasteiger partial charge >= 0.3 is 0 Å². The van der Waals surface area contributed by atoms with E-state index in [1.165, 1.54) is 25.7 Å². The zero-order chi connectivity index (χ0) is 10.9. The molecule has 0 aliphatic heterocycles. The van der Waals surface area contributed by atoms with E-state index in [0.29, 0.717) is 11.4 Å². The molecule has 92 valence electrons. The van der Waals surface area contributed by atoms with Crippen LogP contribution in [0.3, 0.4) is 0 Å². The highest BCUT2D eigenvalue weighted by Crippen LogP contribution is 2.61. The zero-order valence-corrected chi connectivity index (χ0v) is 12.3. The van der Waals surface area contributed by atoms with Crippen LogP contribution >= 0.6 is 24.0 Å². The molecule has 0 bridgehead atoms. The summed E-state index contributed by atoms with van der Waals surface area (Å²) in [7, 11) is 0. The van der Waals surface area contributed by atoms with Crippen molar-refractivity contribution in [1.82, 2.24) is 5.32 Å². The molecule has 0 aromatic rings. The van der Waals surface area contributed by atoms with Gasteiger partial charge in [0, 0.05) is 13.1 Å². The molecule has 3 N–H and O–H groups in total. The van der Waals surface area contributed by atoms with E-state index in [4.69, 9.17) is 5.73 Å². The van der Waals surface area contributed by atoms with Gasteiger partial charge in [0.05, 0.1) is 0 Å². The first-order valence-corrected chi connectivity index (χ1v) is 5.81. The van der Waals surface area contributed by atoms with E-state index in [1.807, 2.05) is 6.92 Å². The molecular formula is C12H22IN3. The molecule has 2 saturated carbocycles. The van der Waals surface area contributed by atoms with Crippen LogP contribution in [0, 0.1) is 11.3 Å². The largest absolute Gasteiger partial charge is 0.370 e. The van der Waals surface area contributed by atoms with Crippen molar-refractivity contribution in [1.29, 1.82) is 0 Å². The quantitative estimate of drug-likeness (QED) is 0.351. The highest BCUT2D eigenvalue weighted by Gasteiger charge is 2.53. The molecule has 2 aliphatic rings. The summed E-state index contributed by atoms with van der Waals surface area (Å²) in [5.74, 6) is 1.53. The molecule has 16 heavy (non-hydrogen) atoms. The molecule has 2 aliphatic carbocycles. The van der Waals surface area contributed by atoms with Crippen LogP contribution in [0.2, 0.25) is 0 Å². The highest BCUT2D eigenvalue weighted by atomic mass is 127. The van der Waals surface area contributed by atoms with Crippen molar-refractivity contribution in [2.24, 2.45) is 22.1 Å². The molecule has 0 aromatic carbocycles. The van der Waals surface area contributed by atoms with Crippen molar-refractivity contribution < 1.29 is 0 Å². The first-order valence-electron chi connectivity index (χ1n) is 5.81.